The zero-order valence-corrected chi connectivity index (χ0v) is 18.1. The molecule has 1 heterocycles. The van der Waals surface area contributed by atoms with Crippen LogP contribution in [-0.4, -0.2) is 32.0 Å². The lowest BCUT2D eigenvalue weighted by atomic mass is 9.69. The maximum Gasteiger partial charge on any atom is 0.243 e. The van der Waals surface area contributed by atoms with Gasteiger partial charge in [0.15, 0.2) is 0 Å². The van der Waals surface area contributed by atoms with Crippen LogP contribution in [0.4, 0.5) is 4.39 Å². The molecule has 0 spiro atoms. The molecule has 1 saturated heterocycles. The number of aryl methyl sites for hydroxylation is 2. The van der Waals surface area contributed by atoms with Gasteiger partial charge in [0.2, 0.25) is 10.0 Å². The summed E-state index contributed by atoms with van der Waals surface area (Å²) in [7, 11) is -3.84. The van der Waals surface area contributed by atoms with Crippen LogP contribution in [0.15, 0.2) is 83.8 Å². The van der Waals surface area contributed by atoms with Crippen molar-refractivity contribution in [3.63, 3.8) is 0 Å². The Kier molecular flexibility index (Phi) is 5.51. The highest BCUT2D eigenvalue weighted by Crippen LogP contribution is 2.42. The van der Waals surface area contributed by atoms with Crippen LogP contribution in [0.3, 0.4) is 0 Å². The fourth-order valence-electron chi connectivity index (χ4n) is 4.60. The molecule has 0 radical (unpaired) electrons. The highest BCUT2D eigenvalue weighted by molar-refractivity contribution is 7.89. The third-order valence-electron chi connectivity index (χ3n) is 6.02. The molecule has 156 valence electrons. The van der Waals surface area contributed by atoms with E-state index < -0.39 is 21.6 Å². The quantitative estimate of drug-likeness (QED) is 0.591. The van der Waals surface area contributed by atoms with Crippen molar-refractivity contribution in [3.8, 4) is 0 Å². The Hall–Kier alpha value is -2.50. The van der Waals surface area contributed by atoms with Gasteiger partial charge in [0.1, 0.15) is 6.17 Å². The molecule has 5 heteroatoms. The molecule has 0 aliphatic carbocycles. The average Bonchev–Trinajstić information content (AvgIpc) is 2.74. The zero-order chi connectivity index (χ0) is 21.4. The van der Waals surface area contributed by atoms with Crippen LogP contribution in [0, 0.1) is 13.8 Å². The molecule has 1 aliphatic rings. The number of piperidine rings is 1. The molecule has 1 atom stereocenters. The Labute approximate surface area is 178 Å². The minimum atomic E-state index is -3.84. The Morgan fingerprint density at radius 1 is 0.900 bits per heavy atom. The highest BCUT2D eigenvalue weighted by Gasteiger charge is 2.46. The van der Waals surface area contributed by atoms with Crippen LogP contribution in [0.25, 0.3) is 0 Å². The van der Waals surface area contributed by atoms with E-state index in [2.05, 4.69) is 0 Å². The average molecular weight is 424 g/mol. The van der Waals surface area contributed by atoms with Crippen molar-refractivity contribution in [3.05, 3.63) is 101 Å². The topological polar surface area (TPSA) is 37.4 Å². The van der Waals surface area contributed by atoms with Gasteiger partial charge in [-0.1, -0.05) is 78.4 Å². The summed E-state index contributed by atoms with van der Waals surface area (Å²) in [6.45, 7) is 3.80. The predicted octanol–water partition coefficient (Wildman–Crippen LogP) is 5.02. The largest absolute Gasteiger partial charge is 0.246 e. The normalized spacial score (nSPS) is 19.5. The van der Waals surface area contributed by atoms with E-state index in [0.29, 0.717) is 5.56 Å². The molecule has 1 fully saturated rings. The number of nitrogens with zero attached hydrogens (tertiary/aromatic N) is 1. The van der Waals surface area contributed by atoms with Crippen LogP contribution in [0.5, 0.6) is 0 Å². The summed E-state index contributed by atoms with van der Waals surface area (Å²) < 4.78 is 43.7. The van der Waals surface area contributed by atoms with Crippen molar-refractivity contribution in [2.24, 2.45) is 0 Å². The molecule has 1 aliphatic heterocycles. The third kappa shape index (κ3) is 3.68. The summed E-state index contributed by atoms with van der Waals surface area (Å²) in [5, 5.41) is 0. The first kappa shape index (κ1) is 20.8. The zero-order valence-electron chi connectivity index (χ0n) is 17.3. The summed E-state index contributed by atoms with van der Waals surface area (Å²) in [5.74, 6) is 0. The van der Waals surface area contributed by atoms with Gasteiger partial charge in [-0.2, -0.15) is 4.31 Å². The van der Waals surface area contributed by atoms with E-state index in [1.165, 1.54) is 4.31 Å². The summed E-state index contributed by atoms with van der Waals surface area (Å²) in [4.78, 5) is 0.247. The number of sulfonamides is 1. The highest BCUT2D eigenvalue weighted by atomic mass is 32.2. The first-order chi connectivity index (χ1) is 14.3. The van der Waals surface area contributed by atoms with E-state index in [-0.39, 0.29) is 24.4 Å². The monoisotopic (exact) mass is 423 g/mol. The smallest absolute Gasteiger partial charge is 0.243 e. The van der Waals surface area contributed by atoms with Gasteiger partial charge in [-0.15, -0.1) is 0 Å². The van der Waals surface area contributed by atoms with Gasteiger partial charge < -0.3 is 0 Å². The maximum atomic E-state index is 15.2. The Bertz CT molecular complexity index is 1090. The number of benzene rings is 3. The van der Waals surface area contributed by atoms with Gasteiger partial charge in [-0.3, -0.25) is 0 Å². The second-order valence-electron chi connectivity index (χ2n) is 8.18. The molecule has 0 bridgehead atoms. The van der Waals surface area contributed by atoms with Gasteiger partial charge in [-0.05, 0) is 43.0 Å². The van der Waals surface area contributed by atoms with E-state index in [9.17, 15) is 8.42 Å². The standard InChI is InChI=1S/C25H26FNO2S/c1-19-13-14-24(20(2)15-19)30(28,29)27-17-23(26)16-25(18-27,21-9-5-3-6-10-21)22-11-7-4-8-12-22/h3-15,23H,16-18H2,1-2H3/t23-/m1/s1. The summed E-state index contributed by atoms with van der Waals surface area (Å²) >= 11 is 0. The molecule has 3 aromatic carbocycles. The van der Waals surface area contributed by atoms with Crippen molar-refractivity contribution < 1.29 is 12.8 Å². The Balaban J connectivity index is 1.84. The molecule has 0 amide bonds. The summed E-state index contributed by atoms with van der Waals surface area (Å²) in [5.41, 5.74) is 2.79. The van der Waals surface area contributed by atoms with Crippen LogP contribution in [0.1, 0.15) is 28.7 Å². The molecule has 3 nitrogen and oxygen atoms in total. The van der Waals surface area contributed by atoms with E-state index in [0.717, 1.165) is 16.7 Å². The number of hydrogen-bond acceptors (Lipinski definition) is 2. The van der Waals surface area contributed by atoms with Gasteiger partial charge in [0, 0.05) is 18.5 Å². The SMILES string of the molecule is Cc1ccc(S(=O)(=O)N2C[C@H](F)CC(c3ccccc3)(c3ccccc3)C2)c(C)c1. The molecule has 0 N–H and O–H groups in total. The molecule has 0 saturated carbocycles. The minimum Gasteiger partial charge on any atom is -0.246 e. The fourth-order valence-corrected chi connectivity index (χ4v) is 6.34. The van der Waals surface area contributed by atoms with Crippen molar-refractivity contribution >= 4 is 10.0 Å². The minimum absolute atomic E-state index is 0.128. The number of halogens is 1. The van der Waals surface area contributed by atoms with E-state index in [4.69, 9.17) is 0 Å². The van der Waals surface area contributed by atoms with Gasteiger partial charge in [-0.25, -0.2) is 12.8 Å². The third-order valence-corrected chi connectivity index (χ3v) is 7.99. The van der Waals surface area contributed by atoms with Crippen LogP contribution >= 0.6 is 0 Å². The van der Waals surface area contributed by atoms with Crippen molar-refractivity contribution in [1.82, 2.24) is 4.31 Å². The Morgan fingerprint density at radius 2 is 1.47 bits per heavy atom. The molecule has 0 unspecified atom stereocenters. The van der Waals surface area contributed by atoms with Crippen molar-refractivity contribution in [2.75, 3.05) is 13.1 Å². The molecular formula is C25H26FNO2S. The number of hydrogen-bond donors (Lipinski definition) is 0. The maximum absolute atomic E-state index is 15.2. The van der Waals surface area contributed by atoms with E-state index >= 15 is 4.39 Å². The summed E-state index contributed by atoms with van der Waals surface area (Å²) in [6.07, 6.45) is -1.01. The Morgan fingerprint density at radius 3 is 2.00 bits per heavy atom. The first-order valence-electron chi connectivity index (χ1n) is 10.2. The molecule has 3 aromatic rings. The lowest BCUT2D eigenvalue weighted by molar-refractivity contribution is 0.148. The lowest BCUT2D eigenvalue weighted by Gasteiger charge is -2.44. The number of rotatable bonds is 4. The van der Waals surface area contributed by atoms with Crippen LogP contribution in [0.2, 0.25) is 0 Å². The van der Waals surface area contributed by atoms with Gasteiger partial charge >= 0.3 is 0 Å². The van der Waals surface area contributed by atoms with E-state index in [1.807, 2.05) is 73.7 Å². The molecular weight excluding hydrogens is 397 g/mol. The van der Waals surface area contributed by atoms with Crippen LogP contribution < -0.4 is 0 Å². The predicted molar refractivity (Wildman–Crippen MR) is 118 cm³/mol. The summed E-state index contributed by atoms with van der Waals surface area (Å²) in [6, 6.07) is 24.7. The van der Waals surface area contributed by atoms with Crippen molar-refractivity contribution in [1.29, 1.82) is 0 Å². The molecule has 0 aromatic heterocycles. The van der Waals surface area contributed by atoms with E-state index in [1.54, 1.807) is 19.1 Å². The second kappa shape index (κ2) is 7.97. The van der Waals surface area contributed by atoms with Gasteiger partial charge in [0.05, 0.1) is 4.90 Å². The first-order valence-corrected chi connectivity index (χ1v) is 11.6. The van der Waals surface area contributed by atoms with Crippen molar-refractivity contribution in [2.45, 2.75) is 36.8 Å². The molecule has 30 heavy (non-hydrogen) atoms. The molecule has 4 rings (SSSR count). The van der Waals surface area contributed by atoms with Gasteiger partial charge in [0.25, 0.3) is 0 Å². The lowest BCUT2D eigenvalue weighted by Crippen LogP contribution is -2.53. The number of alkyl halides is 1. The van der Waals surface area contributed by atoms with Crippen LogP contribution in [-0.2, 0) is 15.4 Å². The fraction of sp³-hybridized carbons (Fsp3) is 0.280. The second-order valence-corrected chi connectivity index (χ2v) is 10.1.